The highest BCUT2D eigenvalue weighted by atomic mass is 16.5. The lowest BCUT2D eigenvalue weighted by molar-refractivity contribution is 0.0337. The van der Waals surface area contributed by atoms with Gasteiger partial charge in [-0.1, -0.05) is 13.8 Å². The Kier molecular flexibility index (Phi) is 6.50. The van der Waals surface area contributed by atoms with E-state index in [1.165, 1.54) is 38.5 Å². The predicted molar refractivity (Wildman–Crippen MR) is 86.7 cm³/mol. The molecule has 2 amide bonds. The summed E-state index contributed by atoms with van der Waals surface area (Å²) in [6, 6.07) is -0.189. The highest BCUT2D eigenvalue weighted by Crippen LogP contribution is 2.37. The largest absolute Gasteiger partial charge is 0.389 e. The van der Waals surface area contributed by atoms with Gasteiger partial charge in [0.1, 0.15) is 0 Å². The van der Waals surface area contributed by atoms with Crippen molar-refractivity contribution >= 4 is 6.03 Å². The van der Waals surface area contributed by atoms with E-state index in [4.69, 9.17) is 4.74 Å². The quantitative estimate of drug-likeness (QED) is 0.644. The van der Waals surface area contributed by atoms with Gasteiger partial charge in [-0.25, -0.2) is 4.79 Å². The van der Waals surface area contributed by atoms with Gasteiger partial charge in [-0.05, 0) is 55.8 Å². The van der Waals surface area contributed by atoms with Crippen LogP contribution in [0.15, 0.2) is 0 Å². The van der Waals surface area contributed by atoms with Gasteiger partial charge in [0.05, 0.1) is 12.7 Å². The van der Waals surface area contributed by atoms with E-state index in [0.717, 1.165) is 13.2 Å². The summed E-state index contributed by atoms with van der Waals surface area (Å²) in [6.45, 7) is 6.65. The highest BCUT2D eigenvalue weighted by molar-refractivity contribution is 5.73. The fourth-order valence-corrected chi connectivity index (χ4v) is 2.89. The van der Waals surface area contributed by atoms with E-state index in [9.17, 15) is 9.90 Å². The molecule has 2 rings (SSSR count). The van der Waals surface area contributed by atoms with Crippen molar-refractivity contribution in [2.24, 2.45) is 17.3 Å². The fourth-order valence-electron chi connectivity index (χ4n) is 2.89. The lowest BCUT2D eigenvalue weighted by Crippen LogP contribution is -2.43. The van der Waals surface area contributed by atoms with Crippen LogP contribution in [0, 0.1) is 17.3 Å². The number of rotatable bonds is 8. The summed E-state index contributed by atoms with van der Waals surface area (Å²) in [5, 5.41) is 15.4. The number of aliphatic hydroxyl groups excluding tert-OH is 1. The first-order valence-electron chi connectivity index (χ1n) is 8.72. The van der Waals surface area contributed by atoms with E-state index in [2.05, 4.69) is 24.5 Å². The van der Waals surface area contributed by atoms with Crippen molar-refractivity contribution in [3.63, 3.8) is 0 Å². The smallest absolute Gasteiger partial charge is 0.314 e. The minimum Gasteiger partial charge on any atom is -0.389 e. The molecule has 0 spiro atoms. The van der Waals surface area contributed by atoms with Crippen molar-refractivity contribution in [3.05, 3.63) is 0 Å². The molecule has 1 atom stereocenters. The molecule has 0 saturated heterocycles. The lowest BCUT2D eigenvalue weighted by Gasteiger charge is -2.34. The van der Waals surface area contributed by atoms with Gasteiger partial charge in [-0.2, -0.15) is 0 Å². The third-order valence-electron chi connectivity index (χ3n) is 4.87. The molecule has 0 aromatic carbocycles. The van der Waals surface area contributed by atoms with Crippen LogP contribution >= 0.6 is 0 Å². The number of urea groups is 1. The zero-order valence-corrected chi connectivity index (χ0v) is 14.1. The molecule has 0 radical (unpaired) electrons. The second kappa shape index (κ2) is 8.16. The van der Waals surface area contributed by atoms with Crippen LogP contribution in [0.25, 0.3) is 0 Å². The number of carbonyl (C=O) groups excluding carboxylic acids is 1. The maximum atomic E-state index is 11.7. The number of hydrogen-bond acceptors (Lipinski definition) is 3. The first-order chi connectivity index (χ1) is 10.4. The average Bonchev–Trinajstić information content (AvgIpc) is 3.28. The first kappa shape index (κ1) is 17.5. The Balaban J connectivity index is 1.48. The van der Waals surface area contributed by atoms with Crippen LogP contribution in [-0.4, -0.2) is 43.5 Å². The van der Waals surface area contributed by atoms with Gasteiger partial charge in [0, 0.05) is 19.7 Å². The van der Waals surface area contributed by atoms with Gasteiger partial charge < -0.3 is 20.5 Å². The monoisotopic (exact) mass is 312 g/mol. The minimum absolute atomic E-state index is 0.189. The summed E-state index contributed by atoms with van der Waals surface area (Å²) in [4.78, 5) is 11.7. The zero-order chi connectivity index (χ0) is 16.0. The van der Waals surface area contributed by atoms with Crippen LogP contribution in [0.3, 0.4) is 0 Å². The highest BCUT2D eigenvalue weighted by Gasteiger charge is 2.26. The zero-order valence-electron chi connectivity index (χ0n) is 14.1. The molecule has 5 heteroatoms. The van der Waals surface area contributed by atoms with Crippen LogP contribution in [0.2, 0.25) is 0 Å². The van der Waals surface area contributed by atoms with Crippen molar-refractivity contribution < 1.29 is 14.6 Å². The molecule has 0 aromatic heterocycles. The van der Waals surface area contributed by atoms with Gasteiger partial charge in [0.25, 0.3) is 0 Å². The van der Waals surface area contributed by atoms with Crippen molar-refractivity contribution in [2.45, 2.75) is 58.5 Å². The number of ether oxygens (including phenoxy) is 1. The molecule has 0 aliphatic heterocycles. The van der Waals surface area contributed by atoms with Crippen LogP contribution in [0.1, 0.15) is 52.4 Å². The third kappa shape index (κ3) is 6.97. The maximum absolute atomic E-state index is 11.7. The lowest BCUT2D eigenvalue weighted by atomic mass is 9.73. The molecule has 5 nitrogen and oxygen atoms in total. The second-order valence-electron chi connectivity index (χ2n) is 7.83. The Hall–Kier alpha value is -0.810. The number of aliphatic hydroxyl groups is 1. The summed E-state index contributed by atoms with van der Waals surface area (Å²) >= 11 is 0. The van der Waals surface area contributed by atoms with E-state index >= 15 is 0 Å². The molecule has 2 fully saturated rings. The van der Waals surface area contributed by atoms with Gasteiger partial charge in [0.15, 0.2) is 0 Å². The van der Waals surface area contributed by atoms with Crippen LogP contribution in [-0.2, 0) is 4.74 Å². The van der Waals surface area contributed by atoms with Crippen molar-refractivity contribution in [3.8, 4) is 0 Å². The van der Waals surface area contributed by atoms with E-state index in [0.29, 0.717) is 23.9 Å². The molecule has 128 valence electrons. The van der Waals surface area contributed by atoms with Gasteiger partial charge in [-0.3, -0.25) is 0 Å². The fraction of sp³-hybridized carbons (Fsp3) is 0.941. The third-order valence-corrected chi connectivity index (χ3v) is 4.87. The van der Waals surface area contributed by atoms with Crippen LogP contribution < -0.4 is 10.6 Å². The molecule has 22 heavy (non-hydrogen) atoms. The molecule has 0 heterocycles. The van der Waals surface area contributed by atoms with Crippen molar-refractivity contribution in [2.75, 3.05) is 26.3 Å². The number of nitrogens with one attached hydrogen (secondary N) is 2. The molecular formula is C17H32N2O3. The first-order valence-corrected chi connectivity index (χ1v) is 8.72. The number of amides is 2. The topological polar surface area (TPSA) is 70.6 Å². The van der Waals surface area contributed by atoms with E-state index in [-0.39, 0.29) is 12.6 Å². The second-order valence-corrected chi connectivity index (χ2v) is 7.83. The van der Waals surface area contributed by atoms with Crippen molar-refractivity contribution in [1.29, 1.82) is 0 Å². The molecule has 2 saturated carbocycles. The predicted octanol–water partition coefficient (Wildman–Crippen LogP) is 2.29. The van der Waals surface area contributed by atoms with Crippen LogP contribution in [0.4, 0.5) is 4.79 Å². The molecule has 2 aliphatic rings. The Morgan fingerprint density at radius 3 is 2.50 bits per heavy atom. The molecular weight excluding hydrogens is 280 g/mol. The molecule has 2 aliphatic carbocycles. The summed E-state index contributed by atoms with van der Waals surface area (Å²) in [5.41, 5.74) is 0.462. The SMILES string of the molecule is CC1(C)CCC(CNC(=O)NCC(O)COCC2CC2)CC1. The molecule has 3 N–H and O–H groups in total. The van der Waals surface area contributed by atoms with Gasteiger partial charge in [-0.15, -0.1) is 0 Å². The minimum atomic E-state index is -0.625. The summed E-state index contributed by atoms with van der Waals surface area (Å²) < 4.78 is 5.40. The summed E-state index contributed by atoms with van der Waals surface area (Å²) in [5.74, 6) is 1.29. The summed E-state index contributed by atoms with van der Waals surface area (Å²) in [7, 11) is 0. The van der Waals surface area contributed by atoms with Gasteiger partial charge >= 0.3 is 6.03 Å². The molecule has 1 unspecified atom stereocenters. The Bertz CT molecular complexity index is 346. The Morgan fingerprint density at radius 1 is 1.18 bits per heavy atom. The normalized spacial score (nSPS) is 23.0. The standard InChI is InChI=1S/C17H32N2O3/c1-17(2)7-5-13(6-8-17)9-18-16(21)19-10-15(20)12-22-11-14-3-4-14/h13-15,20H,3-12H2,1-2H3,(H2,18,19,21). The Labute approximate surface area is 134 Å². The van der Waals surface area contributed by atoms with E-state index in [1.54, 1.807) is 0 Å². The van der Waals surface area contributed by atoms with Gasteiger partial charge in [0.2, 0.25) is 0 Å². The number of hydrogen-bond donors (Lipinski definition) is 3. The molecule has 0 aromatic rings. The van der Waals surface area contributed by atoms with E-state index in [1.807, 2.05) is 0 Å². The Morgan fingerprint density at radius 2 is 1.86 bits per heavy atom. The molecule has 0 bridgehead atoms. The summed E-state index contributed by atoms with van der Waals surface area (Å²) in [6.07, 6.45) is 6.70. The average molecular weight is 312 g/mol. The number of carbonyl (C=O) groups is 1. The van der Waals surface area contributed by atoms with Crippen LogP contribution in [0.5, 0.6) is 0 Å². The van der Waals surface area contributed by atoms with Crippen molar-refractivity contribution in [1.82, 2.24) is 10.6 Å². The maximum Gasteiger partial charge on any atom is 0.314 e. The van der Waals surface area contributed by atoms with E-state index < -0.39 is 6.10 Å².